The molecule has 0 amide bonds. The Morgan fingerprint density at radius 1 is 1.00 bits per heavy atom. The van der Waals surface area contributed by atoms with Crippen LogP contribution in [0, 0.1) is 10.1 Å². The normalized spacial score (nSPS) is 10.6. The SMILES string of the molecule is O=[N+]([O-])c1ccc(NCCNCc2ccc(OCc3ccccc3)c(Br)c2)c(Cl)c1. The summed E-state index contributed by atoms with van der Waals surface area (Å²) in [6.45, 7) is 2.56. The average molecular weight is 491 g/mol. The number of nitrogens with zero attached hydrogens (tertiary/aromatic N) is 1. The van der Waals surface area contributed by atoms with Crippen LogP contribution in [0.25, 0.3) is 0 Å². The highest BCUT2D eigenvalue weighted by Gasteiger charge is 2.09. The van der Waals surface area contributed by atoms with Gasteiger partial charge in [0, 0.05) is 31.8 Å². The van der Waals surface area contributed by atoms with E-state index in [-0.39, 0.29) is 5.69 Å². The Labute approximate surface area is 188 Å². The zero-order valence-corrected chi connectivity index (χ0v) is 18.4. The first-order chi connectivity index (χ1) is 14.5. The molecule has 156 valence electrons. The maximum absolute atomic E-state index is 10.8. The van der Waals surface area contributed by atoms with Crippen LogP contribution in [0.2, 0.25) is 5.02 Å². The molecule has 0 heterocycles. The van der Waals surface area contributed by atoms with Crippen LogP contribution in [-0.4, -0.2) is 18.0 Å². The third kappa shape index (κ3) is 6.45. The standard InChI is InChI=1S/C22H21BrClN3O3/c23-19-12-17(6-9-22(19)30-15-16-4-2-1-3-5-16)14-25-10-11-26-21-8-7-18(27(28)29)13-20(21)24/h1-9,12-13,25-26H,10-11,14-15H2. The van der Waals surface area contributed by atoms with E-state index in [4.69, 9.17) is 16.3 Å². The number of benzene rings is 3. The molecule has 0 aromatic heterocycles. The summed E-state index contributed by atoms with van der Waals surface area (Å²) in [5.74, 6) is 0.803. The molecule has 8 heteroatoms. The topological polar surface area (TPSA) is 76.4 Å². The van der Waals surface area contributed by atoms with Gasteiger partial charge in [-0.3, -0.25) is 10.1 Å². The number of hydrogen-bond donors (Lipinski definition) is 2. The predicted octanol–water partition coefficient (Wildman–Crippen LogP) is 5.79. The Hall–Kier alpha value is -2.61. The van der Waals surface area contributed by atoms with Crippen molar-refractivity contribution < 1.29 is 9.66 Å². The van der Waals surface area contributed by atoms with E-state index < -0.39 is 4.92 Å². The highest BCUT2D eigenvalue weighted by atomic mass is 79.9. The molecule has 0 spiro atoms. The number of rotatable bonds is 10. The van der Waals surface area contributed by atoms with Crippen molar-refractivity contribution >= 4 is 38.9 Å². The quantitative estimate of drug-likeness (QED) is 0.214. The summed E-state index contributed by atoms with van der Waals surface area (Å²) in [5, 5.41) is 17.6. The Morgan fingerprint density at radius 2 is 1.80 bits per heavy atom. The first-order valence-electron chi connectivity index (χ1n) is 9.36. The molecule has 0 aliphatic rings. The van der Waals surface area contributed by atoms with Crippen LogP contribution in [0.5, 0.6) is 5.75 Å². The second-order valence-electron chi connectivity index (χ2n) is 6.56. The molecule has 0 aliphatic heterocycles. The molecule has 3 aromatic rings. The molecular formula is C22H21BrClN3O3. The Balaban J connectivity index is 1.42. The molecule has 2 N–H and O–H groups in total. The van der Waals surface area contributed by atoms with Crippen molar-refractivity contribution in [2.24, 2.45) is 0 Å². The van der Waals surface area contributed by atoms with E-state index in [1.165, 1.54) is 12.1 Å². The molecule has 0 fully saturated rings. The molecule has 30 heavy (non-hydrogen) atoms. The minimum absolute atomic E-state index is 0.0227. The number of halogens is 2. The predicted molar refractivity (Wildman–Crippen MR) is 123 cm³/mol. The van der Waals surface area contributed by atoms with Crippen molar-refractivity contribution in [1.29, 1.82) is 0 Å². The lowest BCUT2D eigenvalue weighted by Crippen LogP contribution is -2.21. The van der Waals surface area contributed by atoms with E-state index in [1.807, 2.05) is 48.5 Å². The van der Waals surface area contributed by atoms with Crippen LogP contribution >= 0.6 is 27.5 Å². The zero-order valence-electron chi connectivity index (χ0n) is 16.1. The molecule has 6 nitrogen and oxygen atoms in total. The van der Waals surface area contributed by atoms with Crippen LogP contribution in [0.4, 0.5) is 11.4 Å². The van der Waals surface area contributed by atoms with Crippen molar-refractivity contribution in [3.05, 3.63) is 97.5 Å². The summed E-state index contributed by atoms with van der Waals surface area (Å²) in [6.07, 6.45) is 0. The fraction of sp³-hybridized carbons (Fsp3) is 0.182. The fourth-order valence-electron chi connectivity index (χ4n) is 2.79. The maximum atomic E-state index is 10.8. The van der Waals surface area contributed by atoms with Crippen molar-refractivity contribution in [1.82, 2.24) is 5.32 Å². The molecule has 0 atom stereocenters. The van der Waals surface area contributed by atoms with Gasteiger partial charge in [0.1, 0.15) is 12.4 Å². The molecule has 0 bridgehead atoms. The Morgan fingerprint density at radius 3 is 2.50 bits per heavy atom. The van der Waals surface area contributed by atoms with Crippen LogP contribution in [0.3, 0.4) is 0 Å². The minimum Gasteiger partial charge on any atom is -0.488 e. The van der Waals surface area contributed by atoms with Crippen LogP contribution < -0.4 is 15.4 Å². The molecule has 3 aromatic carbocycles. The lowest BCUT2D eigenvalue weighted by molar-refractivity contribution is -0.384. The van der Waals surface area contributed by atoms with Gasteiger partial charge >= 0.3 is 0 Å². The number of nitro groups is 1. The van der Waals surface area contributed by atoms with Gasteiger partial charge in [0.25, 0.3) is 5.69 Å². The zero-order chi connectivity index (χ0) is 21.3. The van der Waals surface area contributed by atoms with E-state index in [1.54, 1.807) is 6.07 Å². The van der Waals surface area contributed by atoms with Gasteiger partial charge in [-0.05, 0) is 45.3 Å². The minimum atomic E-state index is -0.465. The summed E-state index contributed by atoms with van der Waals surface area (Å²) in [7, 11) is 0. The van der Waals surface area contributed by atoms with Gasteiger partial charge in [-0.15, -0.1) is 0 Å². The van der Waals surface area contributed by atoms with Gasteiger partial charge < -0.3 is 15.4 Å². The van der Waals surface area contributed by atoms with E-state index in [9.17, 15) is 10.1 Å². The first-order valence-corrected chi connectivity index (χ1v) is 10.5. The van der Waals surface area contributed by atoms with Crippen LogP contribution in [-0.2, 0) is 13.2 Å². The van der Waals surface area contributed by atoms with E-state index >= 15 is 0 Å². The number of ether oxygens (including phenoxy) is 1. The van der Waals surface area contributed by atoms with Gasteiger partial charge in [-0.1, -0.05) is 48.0 Å². The molecule has 3 rings (SSSR count). The van der Waals surface area contributed by atoms with Gasteiger partial charge in [-0.2, -0.15) is 0 Å². The van der Waals surface area contributed by atoms with Gasteiger partial charge in [0.15, 0.2) is 0 Å². The second-order valence-corrected chi connectivity index (χ2v) is 7.83. The van der Waals surface area contributed by atoms with E-state index in [0.717, 1.165) is 21.3 Å². The van der Waals surface area contributed by atoms with Crippen LogP contribution in [0.15, 0.2) is 71.2 Å². The number of hydrogen-bond acceptors (Lipinski definition) is 5. The lowest BCUT2D eigenvalue weighted by Gasteiger charge is -2.11. The second kappa shape index (κ2) is 11.0. The van der Waals surface area contributed by atoms with E-state index in [0.29, 0.717) is 37.0 Å². The van der Waals surface area contributed by atoms with Crippen molar-refractivity contribution in [3.8, 4) is 5.75 Å². The largest absolute Gasteiger partial charge is 0.488 e. The summed E-state index contributed by atoms with van der Waals surface area (Å²) in [6, 6.07) is 20.4. The Bertz CT molecular complexity index is 1000. The molecular weight excluding hydrogens is 470 g/mol. The first kappa shape index (κ1) is 22.1. The highest BCUT2D eigenvalue weighted by molar-refractivity contribution is 9.10. The molecule has 0 aliphatic carbocycles. The number of nitro benzene ring substituents is 1. The number of nitrogens with one attached hydrogen (secondary N) is 2. The number of anilines is 1. The molecule has 0 radical (unpaired) electrons. The summed E-state index contributed by atoms with van der Waals surface area (Å²) in [4.78, 5) is 10.3. The van der Waals surface area contributed by atoms with Gasteiger partial charge in [0.2, 0.25) is 0 Å². The average Bonchev–Trinajstić information content (AvgIpc) is 2.74. The van der Waals surface area contributed by atoms with Crippen molar-refractivity contribution in [2.75, 3.05) is 18.4 Å². The third-order valence-corrected chi connectivity index (χ3v) is 5.28. The van der Waals surface area contributed by atoms with Crippen molar-refractivity contribution in [3.63, 3.8) is 0 Å². The summed E-state index contributed by atoms with van der Waals surface area (Å²) in [5.41, 5.74) is 2.90. The third-order valence-electron chi connectivity index (χ3n) is 4.34. The maximum Gasteiger partial charge on any atom is 0.271 e. The van der Waals surface area contributed by atoms with Gasteiger partial charge in [0.05, 0.1) is 20.1 Å². The number of non-ortho nitro benzene ring substituents is 1. The lowest BCUT2D eigenvalue weighted by atomic mass is 10.2. The Kier molecular flexibility index (Phi) is 8.07. The molecule has 0 saturated heterocycles. The highest BCUT2D eigenvalue weighted by Crippen LogP contribution is 2.27. The van der Waals surface area contributed by atoms with E-state index in [2.05, 4.69) is 26.6 Å². The summed E-state index contributed by atoms with van der Waals surface area (Å²) >= 11 is 9.64. The molecule has 0 unspecified atom stereocenters. The molecule has 0 saturated carbocycles. The van der Waals surface area contributed by atoms with Gasteiger partial charge in [-0.25, -0.2) is 0 Å². The fourth-order valence-corrected chi connectivity index (χ4v) is 3.57. The summed E-state index contributed by atoms with van der Waals surface area (Å²) < 4.78 is 6.78. The smallest absolute Gasteiger partial charge is 0.271 e. The monoisotopic (exact) mass is 489 g/mol. The van der Waals surface area contributed by atoms with Crippen molar-refractivity contribution in [2.45, 2.75) is 13.2 Å². The van der Waals surface area contributed by atoms with Crippen LogP contribution in [0.1, 0.15) is 11.1 Å².